The van der Waals surface area contributed by atoms with Gasteiger partial charge in [0.2, 0.25) is 5.60 Å². The zero-order chi connectivity index (χ0) is 24.8. The van der Waals surface area contributed by atoms with Crippen molar-refractivity contribution in [3.8, 4) is 0 Å². The number of amides is 1. The first-order chi connectivity index (χ1) is 17.5. The molecule has 1 unspecified atom stereocenters. The van der Waals surface area contributed by atoms with Crippen LogP contribution in [-0.2, 0) is 26.3 Å². The Morgan fingerprint density at radius 3 is 2.22 bits per heavy atom. The monoisotopic (exact) mass is 564 g/mol. The van der Waals surface area contributed by atoms with Gasteiger partial charge in [0, 0.05) is 29.9 Å². The number of carbonyl (C=O) groups excluding carboxylic acids is 2. The molecule has 2 aromatic carbocycles. The molecule has 37 heavy (non-hydrogen) atoms. The quantitative estimate of drug-likeness (QED) is 0.317. The van der Waals surface area contributed by atoms with Gasteiger partial charge in [-0.2, -0.15) is 0 Å². The first-order valence-electron chi connectivity index (χ1n) is 12.5. The molecular formula is C28H29BrN4O4. The molecular weight excluding hydrogens is 536 g/mol. The average molecular weight is 565 g/mol. The fraction of sp³-hybridized carbons (Fsp3) is 0.357. The van der Waals surface area contributed by atoms with Gasteiger partial charge >= 0.3 is 5.97 Å². The molecule has 3 aliphatic heterocycles. The molecule has 2 N–H and O–H groups in total. The summed E-state index contributed by atoms with van der Waals surface area (Å²) in [6.45, 7) is 2.60. The first-order valence-corrected chi connectivity index (χ1v) is 12.5. The standard InChI is InChI=1S/C28H28N4O4.BrH/c33-26(31-22-14-29-18-30-15-22)17-32-11-9-19(10-12-32)25(16-32)36-27(34)28(35)23-7-3-1-5-20(23)13-21-6-2-4-8-24(21)28;/h1-8,14-15,18-19,25,35H,9-13,16-17H2;1H. The Balaban J connectivity index is 0.00000280. The Kier molecular flexibility index (Phi) is 6.87. The largest absolute Gasteiger partial charge is 1.00 e. The second-order valence-corrected chi connectivity index (χ2v) is 10.3. The molecule has 0 spiro atoms. The van der Waals surface area contributed by atoms with Gasteiger partial charge in [-0.15, -0.1) is 0 Å². The normalized spacial score (nSPS) is 24.7. The van der Waals surface area contributed by atoms with Gasteiger partial charge in [0.25, 0.3) is 5.91 Å². The molecule has 1 atom stereocenters. The van der Waals surface area contributed by atoms with Gasteiger partial charge in [0.1, 0.15) is 12.9 Å². The molecule has 3 aromatic rings. The second kappa shape index (κ2) is 9.96. The minimum Gasteiger partial charge on any atom is -1.00 e. The van der Waals surface area contributed by atoms with E-state index in [1.165, 1.54) is 6.33 Å². The van der Waals surface area contributed by atoms with E-state index >= 15 is 0 Å². The summed E-state index contributed by atoms with van der Waals surface area (Å²) in [5.74, 6) is -0.508. The van der Waals surface area contributed by atoms with Crippen LogP contribution in [0.25, 0.3) is 0 Å². The first kappa shape index (κ1) is 25.5. The number of nitrogens with zero attached hydrogens (tertiary/aromatic N) is 3. The summed E-state index contributed by atoms with van der Waals surface area (Å²) in [6, 6.07) is 15.1. The Morgan fingerprint density at radius 2 is 1.59 bits per heavy atom. The van der Waals surface area contributed by atoms with Crippen molar-refractivity contribution in [3.05, 3.63) is 89.5 Å². The van der Waals surface area contributed by atoms with E-state index in [1.807, 2.05) is 48.5 Å². The number of nitrogens with one attached hydrogen (secondary N) is 1. The maximum absolute atomic E-state index is 13.8. The van der Waals surface area contributed by atoms with Crippen molar-refractivity contribution in [3.63, 3.8) is 0 Å². The number of quaternary nitrogens is 1. The van der Waals surface area contributed by atoms with Crippen LogP contribution in [0.4, 0.5) is 5.69 Å². The molecule has 4 heterocycles. The molecule has 3 fully saturated rings. The highest BCUT2D eigenvalue weighted by Crippen LogP contribution is 2.42. The van der Waals surface area contributed by atoms with Crippen molar-refractivity contribution in [2.45, 2.75) is 31.0 Å². The lowest BCUT2D eigenvalue weighted by atomic mass is 9.74. The van der Waals surface area contributed by atoms with E-state index in [1.54, 1.807) is 12.4 Å². The summed E-state index contributed by atoms with van der Waals surface area (Å²) in [6.07, 6.45) is 6.63. The molecule has 4 aliphatic rings. The number of rotatable bonds is 5. The van der Waals surface area contributed by atoms with Crippen LogP contribution in [0.5, 0.6) is 0 Å². The summed E-state index contributed by atoms with van der Waals surface area (Å²) in [7, 11) is 0. The molecule has 192 valence electrons. The second-order valence-electron chi connectivity index (χ2n) is 10.3. The summed E-state index contributed by atoms with van der Waals surface area (Å²) >= 11 is 0. The lowest BCUT2D eigenvalue weighted by Gasteiger charge is -2.51. The minimum atomic E-state index is -1.85. The van der Waals surface area contributed by atoms with Crippen LogP contribution in [0.2, 0.25) is 0 Å². The van der Waals surface area contributed by atoms with Crippen LogP contribution >= 0.6 is 0 Å². The van der Waals surface area contributed by atoms with Gasteiger partial charge in [-0.25, -0.2) is 14.8 Å². The molecule has 0 saturated carbocycles. The molecule has 2 bridgehead atoms. The summed E-state index contributed by atoms with van der Waals surface area (Å²) < 4.78 is 6.72. The van der Waals surface area contributed by atoms with Crippen LogP contribution in [0, 0.1) is 5.92 Å². The fourth-order valence-electron chi connectivity index (χ4n) is 6.29. The number of piperidine rings is 3. The maximum atomic E-state index is 13.8. The molecule has 3 saturated heterocycles. The van der Waals surface area contributed by atoms with E-state index in [0.717, 1.165) is 37.1 Å². The smallest absolute Gasteiger partial charge is 0.348 e. The van der Waals surface area contributed by atoms with Gasteiger partial charge in [0.05, 0.1) is 31.2 Å². The van der Waals surface area contributed by atoms with Crippen LogP contribution in [-0.4, -0.2) is 63.7 Å². The number of ether oxygens (including phenoxy) is 1. The zero-order valence-corrected chi connectivity index (χ0v) is 21.9. The lowest BCUT2D eigenvalue weighted by Crippen LogP contribution is -3.00. The molecule has 8 nitrogen and oxygen atoms in total. The zero-order valence-electron chi connectivity index (χ0n) is 20.3. The third kappa shape index (κ3) is 4.56. The van der Waals surface area contributed by atoms with E-state index in [-0.39, 0.29) is 34.9 Å². The Hall–Kier alpha value is -3.14. The van der Waals surface area contributed by atoms with E-state index in [0.29, 0.717) is 40.8 Å². The summed E-state index contributed by atoms with van der Waals surface area (Å²) in [5.41, 5.74) is 1.73. The number of hydrogen-bond donors (Lipinski definition) is 2. The van der Waals surface area contributed by atoms with E-state index in [2.05, 4.69) is 15.3 Å². The lowest BCUT2D eigenvalue weighted by molar-refractivity contribution is -0.939. The maximum Gasteiger partial charge on any atom is 0.348 e. The number of anilines is 1. The van der Waals surface area contributed by atoms with Crippen molar-refractivity contribution in [2.24, 2.45) is 5.92 Å². The fourth-order valence-corrected chi connectivity index (χ4v) is 6.29. The van der Waals surface area contributed by atoms with Crippen molar-refractivity contribution < 1.29 is 40.9 Å². The highest BCUT2D eigenvalue weighted by Gasteiger charge is 2.52. The third-order valence-electron chi connectivity index (χ3n) is 8.11. The Labute approximate surface area is 226 Å². The number of aliphatic hydroxyl groups is 1. The van der Waals surface area contributed by atoms with Crippen LogP contribution < -0.4 is 22.3 Å². The molecule has 1 aromatic heterocycles. The molecule has 0 radical (unpaired) electrons. The number of benzene rings is 2. The number of halogens is 1. The van der Waals surface area contributed by atoms with Gasteiger partial charge in [-0.05, 0) is 17.5 Å². The molecule has 7 rings (SSSR count). The number of esters is 1. The van der Waals surface area contributed by atoms with Crippen molar-refractivity contribution in [2.75, 3.05) is 31.5 Å². The highest BCUT2D eigenvalue weighted by molar-refractivity contribution is 5.91. The topological polar surface area (TPSA) is 101 Å². The van der Waals surface area contributed by atoms with E-state index in [9.17, 15) is 14.7 Å². The highest BCUT2D eigenvalue weighted by atomic mass is 79.9. The van der Waals surface area contributed by atoms with Gasteiger partial charge < -0.3 is 36.6 Å². The number of carbonyl (C=O) groups is 2. The average Bonchev–Trinajstić information content (AvgIpc) is 2.90. The van der Waals surface area contributed by atoms with Crippen molar-refractivity contribution >= 4 is 17.6 Å². The summed E-state index contributed by atoms with van der Waals surface area (Å²) in [5, 5.41) is 14.8. The van der Waals surface area contributed by atoms with Gasteiger partial charge in [0.15, 0.2) is 12.6 Å². The minimum absolute atomic E-state index is 0. The van der Waals surface area contributed by atoms with Crippen LogP contribution in [0.15, 0.2) is 67.3 Å². The molecule has 1 amide bonds. The SMILES string of the molecule is O=C(C[N+]12CCC(CC1)C(OC(=O)C1(O)c3ccccc3Cc3ccccc31)C2)Nc1cncnc1.[Br-]. The van der Waals surface area contributed by atoms with E-state index in [4.69, 9.17) is 4.74 Å². The number of fused-ring (bicyclic) bond motifs is 5. The van der Waals surface area contributed by atoms with Gasteiger partial charge in [-0.1, -0.05) is 48.5 Å². The molecule has 9 heteroatoms. The van der Waals surface area contributed by atoms with Crippen LogP contribution in [0.3, 0.4) is 0 Å². The predicted octanol–water partition coefficient (Wildman–Crippen LogP) is -0.588. The van der Waals surface area contributed by atoms with E-state index < -0.39 is 11.6 Å². The number of hydrogen-bond acceptors (Lipinski definition) is 6. The predicted molar refractivity (Wildman–Crippen MR) is 132 cm³/mol. The Bertz CT molecular complexity index is 1260. The van der Waals surface area contributed by atoms with Gasteiger partial charge in [-0.3, -0.25) is 4.79 Å². The number of aromatic nitrogens is 2. The third-order valence-corrected chi connectivity index (χ3v) is 8.11. The van der Waals surface area contributed by atoms with Crippen molar-refractivity contribution in [1.29, 1.82) is 0 Å². The Morgan fingerprint density at radius 1 is 1.00 bits per heavy atom. The molecule has 1 aliphatic carbocycles. The van der Waals surface area contributed by atoms with Crippen molar-refractivity contribution in [1.82, 2.24) is 9.97 Å². The summed E-state index contributed by atoms with van der Waals surface area (Å²) in [4.78, 5) is 34.5. The van der Waals surface area contributed by atoms with Crippen LogP contribution in [0.1, 0.15) is 35.1 Å².